The Morgan fingerprint density at radius 2 is 0.600 bits per heavy atom. The summed E-state index contributed by atoms with van der Waals surface area (Å²) in [6, 6.07) is 56.2. The highest BCUT2D eigenvalue weighted by molar-refractivity contribution is 7.85. The van der Waals surface area contributed by atoms with E-state index in [0.717, 1.165) is 5.56 Å². The molecule has 0 amide bonds. The van der Waals surface area contributed by atoms with Crippen molar-refractivity contribution < 1.29 is 30.9 Å². The molecule has 0 aliphatic heterocycles. The third kappa shape index (κ3) is 7.63. The van der Waals surface area contributed by atoms with E-state index in [4.69, 9.17) is 9.97 Å². The van der Waals surface area contributed by atoms with Crippen LogP contribution < -0.4 is 15.9 Å². The van der Waals surface area contributed by atoms with E-state index >= 15 is 22.1 Å². The van der Waals surface area contributed by atoms with E-state index in [2.05, 4.69) is 4.98 Å². The van der Waals surface area contributed by atoms with E-state index in [-0.39, 0.29) is 34.0 Å². The van der Waals surface area contributed by atoms with Gasteiger partial charge in [0.05, 0.1) is 11.1 Å². The minimum Gasteiger partial charge on any atom is -0.309 e. The van der Waals surface area contributed by atoms with Crippen molar-refractivity contribution in [2.75, 3.05) is 0 Å². The highest BCUT2D eigenvalue weighted by atomic mass is 31.2. The standard InChI is InChI=1S/C59H34F6N3OP/c60-38-25-19-36(20-26-38)57-66-58(37-21-27-39(61)28-22-37)68-59(67-57)50-34-33-49(46-17-9-10-18-47(46)50)52-55(64)53(62)51(54(63)56(52)65)48-32-31-43(44-15-7-8-16-45(44)48)35-23-29-42(30-24-35)70(69,40-11-3-1-4-12-40)41-13-5-2-6-14-41/h1-34H. The lowest BCUT2D eigenvalue weighted by Crippen LogP contribution is -2.24. The molecule has 11 heteroatoms. The summed E-state index contributed by atoms with van der Waals surface area (Å²) in [6.45, 7) is 0. The fourth-order valence-corrected chi connectivity index (χ4v) is 11.8. The highest BCUT2D eigenvalue weighted by Gasteiger charge is 2.31. The van der Waals surface area contributed by atoms with Crippen molar-refractivity contribution in [3.05, 3.63) is 241 Å². The molecule has 0 unspecified atom stereocenters. The molecule has 0 spiro atoms. The molecule has 0 saturated carbocycles. The van der Waals surface area contributed by atoms with Crippen molar-refractivity contribution in [1.29, 1.82) is 0 Å². The molecule has 0 fully saturated rings. The van der Waals surface area contributed by atoms with E-state index in [0.29, 0.717) is 54.3 Å². The molecule has 0 aliphatic carbocycles. The van der Waals surface area contributed by atoms with Crippen LogP contribution in [0.1, 0.15) is 0 Å². The van der Waals surface area contributed by atoms with Gasteiger partial charge in [-0.3, -0.25) is 0 Å². The van der Waals surface area contributed by atoms with Crippen molar-refractivity contribution in [2.24, 2.45) is 0 Å². The van der Waals surface area contributed by atoms with Crippen LogP contribution in [0.25, 0.3) is 89.1 Å². The number of rotatable bonds is 9. The molecule has 338 valence electrons. The molecule has 0 saturated heterocycles. The molecule has 1 aromatic heterocycles. The van der Waals surface area contributed by atoms with Crippen LogP contribution in [-0.2, 0) is 4.57 Å². The summed E-state index contributed by atoms with van der Waals surface area (Å²) in [5.74, 6) is -6.82. The number of benzene rings is 10. The largest absolute Gasteiger partial charge is 0.309 e. The van der Waals surface area contributed by atoms with Gasteiger partial charge in [0.1, 0.15) is 11.6 Å². The maximum absolute atomic E-state index is 16.8. The van der Waals surface area contributed by atoms with Crippen LogP contribution >= 0.6 is 7.14 Å². The van der Waals surface area contributed by atoms with Crippen LogP contribution in [0.15, 0.2) is 206 Å². The Balaban J connectivity index is 1.00. The number of halogens is 6. The van der Waals surface area contributed by atoms with Crippen molar-refractivity contribution in [3.63, 3.8) is 0 Å². The summed E-state index contributed by atoms with van der Waals surface area (Å²) >= 11 is 0. The number of fused-ring (bicyclic) bond motifs is 2. The van der Waals surface area contributed by atoms with Gasteiger partial charge in [-0.25, -0.2) is 41.3 Å². The molecule has 1 heterocycles. The number of hydrogen-bond donors (Lipinski definition) is 0. The molecule has 0 radical (unpaired) electrons. The summed E-state index contributed by atoms with van der Waals surface area (Å²) in [4.78, 5) is 14.0. The quantitative estimate of drug-likeness (QED) is 0.0822. The van der Waals surface area contributed by atoms with Crippen LogP contribution in [0.2, 0.25) is 0 Å². The molecule has 0 atom stereocenters. The summed E-state index contributed by atoms with van der Waals surface area (Å²) < 4.78 is 110. The van der Waals surface area contributed by atoms with E-state index in [1.807, 2.05) is 84.9 Å². The van der Waals surface area contributed by atoms with Crippen molar-refractivity contribution in [1.82, 2.24) is 15.0 Å². The fraction of sp³-hybridized carbons (Fsp3) is 0. The topological polar surface area (TPSA) is 55.7 Å². The zero-order valence-electron chi connectivity index (χ0n) is 36.6. The lowest BCUT2D eigenvalue weighted by Gasteiger charge is -2.20. The molecular weight excluding hydrogens is 912 g/mol. The van der Waals surface area contributed by atoms with Gasteiger partial charge in [0.25, 0.3) is 0 Å². The van der Waals surface area contributed by atoms with Gasteiger partial charge < -0.3 is 4.57 Å². The van der Waals surface area contributed by atoms with Gasteiger partial charge in [0.15, 0.2) is 47.9 Å². The average Bonchev–Trinajstić information content (AvgIpc) is 3.41. The number of hydrogen-bond acceptors (Lipinski definition) is 4. The molecule has 4 nitrogen and oxygen atoms in total. The average molecular weight is 946 g/mol. The van der Waals surface area contributed by atoms with Gasteiger partial charge in [0.2, 0.25) is 0 Å². The summed E-state index contributed by atoms with van der Waals surface area (Å²) in [5.41, 5.74) is 0.742. The summed E-state index contributed by atoms with van der Waals surface area (Å²) in [5, 5.41) is 3.52. The predicted octanol–water partition coefficient (Wildman–Crippen LogP) is 14.7. The number of nitrogens with zero attached hydrogens (tertiary/aromatic N) is 3. The molecule has 0 aliphatic rings. The van der Waals surface area contributed by atoms with Gasteiger partial charge >= 0.3 is 0 Å². The van der Waals surface area contributed by atoms with E-state index in [9.17, 15) is 8.78 Å². The Morgan fingerprint density at radius 1 is 0.286 bits per heavy atom. The second kappa shape index (κ2) is 17.9. The molecule has 70 heavy (non-hydrogen) atoms. The Labute approximate surface area is 397 Å². The molecular formula is C59H34F6N3OP. The minimum atomic E-state index is -3.27. The van der Waals surface area contributed by atoms with Gasteiger partial charge in [-0.1, -0.05) is 152 Å². The Bertz CT molecular complexity index is 3720. The second-order valence-corrected chi connectivity index (χ2v) is 19.3. The second-order valence-electron chi connectivity index (χ2n) is 16.6. The zero-order valence-corrected chi connectivity index (χ0v) is 37.5. The van der Waals surface area contributed by atoms with Crippen LogP contribution in [0.4, 0.5) is 26.3 Å². The first-order valence-electron chi connectivity index (χ1n) is 22.1. The molecule has 11 rings (SSSR count). The highest BCUT2D eigenvalue weighted by Crippen LogP contribution is 2.46. The molecule has 11 aromatic rings. The lowest BCUT2D eigenvalue weighted by atomic mass is 9.89. The third-order valence-corrected chi connectivity index (χ3v) is 15.6. The SMILES string of the molecule is O=P(c1ccccc1)(c1ccccc1)c1ccc(-c2ccc(-c3c(F)c(F)c(-c4ccc(-c5nc(-c6ccc(F)cc6)nc(-c6ccc(F)cc6)n5)c5ccccc45)c(F)c3F)c3ccccc23)cc1. The monoisotopic (exact) mass is 945 g/mol. The van der Waals surface area contributed by atoms with E-state index in [1.54, 1.807) is 54.6 Å². The lowest BCUT2D eigenvalue weighted by molar-refractivity contribution is 0.463. The minimum absolute atomic E-state index is 0.0584. The van der Waals surface area contributed by atoms with Crippen LogP contribution in [0, 0.1) is 34.9 Å². The van der Waals surface area contributed by atoms with Crippen LogP contribution in [0.5, 0.6) is 0 Å². The predicted molar refractivity (Wildman–Crippen MR) is 267 cm³/mol. The van der Waals surface area contributed by atoms with E-state index < -0.39 is 53.2 Å². The fourth-order valence-electron chi connectivity index (χ4n) is 9.11. The van der Waals surface area contributed by atoms with Crippen LogP contribution in [0.3, 0.4) is 0 Å². The third-order valence-electron chi connectivity index (χ3n) is 12.5. The van der Waals surface area contributed by atoms with Gasteiger partial charge in [-0.2, -0.15) is 0 Å². The van der Waals surface area contributed by atoms with Crippen molar-refractivity contribution in [3.8, 4) is 67.5 Å². The maximum atomic E-state index is 16.8. The smallest absolute Gasteiger partial charge is 0.171 e. The maximum Gasteiger partial charge on any atom is 0.171 e. The van der Waals surface area contributed by atoms with Crippen LogP contribution in [-0.4, -0.2) is 15.0 Å². The van der Waals surface area contributed by atoms with Crippen molar-refractivity contribution in [2.45, 2.75) is 0 Å². The molecule has 10 aromatic carbocycles. The summed E-state index contributed by atoms with van der Waals surface area (Å²) in [7, 11) is -3.27. The van der Waals surface area contributed by atoms with Gasteiger partial charge in [0, 0.05) is 32.6 Å². The van der Waals surface area contributed by atoms with E-state index in [1.165, 1.54) is 66.7 Å². The number of aromatic nitrogens is 3. The first-order valence-corrected chi connectivity index (χ1v) is 23.8. The molecule has 0 bridgehead atoms. The molecule has 0 N–H and O–H groups in total. The Kier molecular flexibility index (Phi) is 11.3. The van der Waals surface area contributed by atoms with Crippen molar-refractivity contribution >= 4 is 44.6 Å². The first-order chi connectivity index (χ1) is 34.1. The first kappa shape index (κ1) is 44.1. The summed E-state index contributed by atoms with van der Waals surface area (Å²) in [6.07, 6.45) is 0. The van der Waals surface area contributed by atoms with Gasteiger partial charge in [-0.05, 0) is 98.4 Å². The normalized spacial score (nSPS) is 11.6. The van der Waals surface area contributed by atoms with Gasteiger partial charge in [-0.15, -0.1) is 0 Å². The Morgan fingerprint density at radius 3 is 1.03 bits per heavy atom. The Hall–Kier alpha value is -8.46. The zero-order chi connectivity index (χ0) is 48.1.